The van der Waals surface area contributed by atoms with Gasteiger partial charge in [0.15, 0.2) is 0 Å². The summed E-state index contributed by atoms with van der Waals surface area (Å²) in [6.45, 7) is 7.16. The SMILES string of the molecule is CCCC(C)N(C)CCCC(C)=O. The molecule has 0 aromatic rings. The van der Waals surface area contributed by atoms with Gasteiger partial charge in [-0.15, -0.1) is 0 Å². The summed E-state index contributed by atoms with van der Waals surface area (Å²) in [6.07, 6.45) is 4.21. The molecule has 0 aliphatic carbocycles. The molecule has 78 valence electrons. The molecule has 0 aliphatic rings. The van der Waals surface area contributed by atoms with E-state index < -0.39 is 0 Å². The maximum Gasteiger partial charge on any atom is 0.129 e. The van der Waals surface area contributed by atoms with Crippen LogP contribution in [0.4, 0.5) is 0 Å². The van der Waals surface area contributed by atoms with Crippen LogP contribution in [0.15, 0.2) is 0 Å². The molecule has 0 saturated heterocycles. The van der Waals surface area contributed by atoms with Gasteiger partial charge in [0.25, 0.3) is 0 Å². The maximum atomic E-state index is 10.7. The Kier molecular flexibility index (Phi) is 6.87. The van der Waals surface area contributed by atoms with E-state index in [2.05, 4.69) is 25.8 Å². The van der Waals surface area contributed by atoms with Gasteiger partial charge < -0.3 is 9.69 Å². The van der Waals surface area contributed by atoms with Crippen molar-refractivity contribution < 1.29 is 4.79 Å². The highest BCUT2D eigenvalue weighted by Gasteiger charge is 2.07. The molecule has 0 fully saturated rings. The minimum Gasteiger partial charge on any atom is -0.304 e. The van der Waals surface area contributed by atoms with Crippen LogP contribution in [0.1, 0.15) is 46.5 Å². The maximum absolute atomic E-state index is 10.7. The summed E-state index contributed by atoms with van der Waals surface area (Å²) in [5.74, 6) is 0.302. The largest absolute Gasteiger partial charge is 0.304 e. The smallest absolute Gasteiger partial charge is 0.129 e. The lowest BCUT2D eigenvalue weighted by molar-refractivity contribution is -0.117. The molecule has 0 amide bonds. The van der Waals surface area contributed by atoms with E-state index in [9.17, 15) is 4.79 Å². The zero-order valence-corrected chi connectivity index (χ0v) is 9.47. The van der Waals surface area contributed by atoms with Crippen LogP contribution in [0.25, 0.3) is 0 Å². The van der Waals surface area contributed by atoms with Crippen LogP contribution in [-0.2, 0) is 4.79 Å². The molecular weight excluding hydrogens is 162 g/mol. The fraction of sp³-hybridized carbons (Fsp3) is 0.909. The van der Waals surface area contributed by atoms with Gasteiger partial charge in [0, 0.05) is 12.5 Å². The number of carbonyl (C=O) groups is 1. The van der Waals surface area contributed by atoms with Crippen molar-refractivity contribution in [1.82, 2.24) is 4.90 Å². The van der Waals surface area contributed by atoms with Gasteiger partial charge in [-0.3, -0.25) is 0 Å². The van der Waals surface area contributed by atoms with Gasteiger partial charge in [-0.25, -0.2) is 0 Å². The quantitative estimate of drug-likeness (QED) is 0.607. The number of carbonyl (C=O) groups excluding carboxylic acids is 1. The molecule has 0 aromatic carbocycles. The fourth-order valence-electron chi connectivity index (χ4n) is 1.44. The minimum atomic E-state index is 0.302. The van der Waals surface area contributed by atoms with E-state index in [0.717, 1.165) is 19.4 Å². The fourth-order valence-corrected chi connectivity index (χ4v) is 1.44. The molecule has 2 nitrogen and oxygen atoms in total. The first-order valence-corrected chi connectivity index (χ1v) is 5.27. The topological polar surface area (TPSA) is 20.3 Å². The van der Waals surface area contributed by atoms with Crippen LogP contribution in [0.3, 0.4) is 0 Å². The molecule has 1 atom stereocenters. The molecular formula is C11H23NO. The van der Waals surface area contributed by atoms with E-state index in [4.69, 9.17) is 0 Å². The summed E-state index contributed by atoms with van der Waals surface area (Å²) in [6, 6.07) is 0.650. The first-order valence-electron chi connectivity index (χ1n) is 5.27. The second kappa shape index (κ2) is 7.07. The monoisotopic (exact) mass is 185 g/mol. The van der Waals surface area contributed by atoms with Crippen molar-refractivity contribution in [2.45, 2.75) is 52.5 Å². The first-order chi connectivity index (χ1) is 6.07. The normalized spacial score (nSPS) is 13.3. The standard InChI is InChI=1S/C11H23NO/c1-5-7-10(2)12(4)9-6-8-11(3)13/h10H,5-9H2,1-4H3. The van der Waals surface area contributed by atoms with Gasteiger partial charge in [0.1, 0.15) is 5.78 Å². The number of rotatable bonds is 7. The summed E-state index contributed by atoms with van der Waals surface area (Å²) < 4.78 is 0. The number of hydrogen-bond donors (Lipinski definition) is 0. The molecule has 0 rings (SSSR count). The van der Waals surface area contributed by atoms with Crippen LogP contribution in [-0.4, -0.2) is 30.3 Å². The molecule has 1 unspecified atom stereocenters. The predicted molar refractivity (Wildman–Crippen MR) is 56.9 cm³/mol. The van der Waals surface area contributed by atoms with Crippen molar-refractivity contribution in [2.24, 2.45) is 0 Å². The van der Waals surface area contributed by atoms with E-state index in [1.54, 1.807) is 6.92 Å². The molecule has 0 saturated carbocycles. The molecule has 2 heteroatoms. The van der Waals surface area contributed by atoms with Gasteiger partial charge in [0.05, 0.1) is 0 Å². The molecule has 0 bridgehead atoms. The number of Topliss-reactive ketones (excluding diaryl/α,β-unsaturated/α-hetero) is 1. The lowest BCUT2D eigenvalue weighted by Crippen LogP contribution is -2.30. The lowest BCUT2D eigenvalue weighted by Gasteiger charge is -2.23. The zero-order chi connectivity index (χ0) is 10.3. The van der Waals surface area contributed by atoms with Crippen LogP contribution in [0.5, 0.6) is 0 Å². The molecule has 0 aromatic heterocycles. The third-order valence-electron chi connectivity index (χ3n) is 2.50. The molecule has 0 N–H and O–H groups in total. The van der Waals surface area contributed by atoms with Crippen molar-refractivity contribution in [3.63, 3.8) is 0 Å². The van der Waals surface area contributed by atoms with Gasteiger partial charge in [-0.2, -0.15) is 0 Å². The predicted octanol–water partition coefficient (Wildman–Crippen LogP) is 2.48. The van der Waals surface area contributed by atoms with Crippen molar-refractivity contribution >= 4 is 5.78 Å². The van der Waals surface area contributed by atoms with Gasteiger partial charge >= 0.3 is 0 Å². The van der Waals surface area contributed by atoms with Crippen LogP contribution in [0, 0.1) is 0 Å². The Morgan fingerprint density at radius 3 is 2.54 bits per heavy atom. The van der Waals surface area contributed by atoms with Crippen molar-refractivity contribution in [3.8, 4) is 0 Å². The Bertz CT molecular complexity index is 145. The summed E-state index contributed by atoms with van der Waals surface area (Å²) in [7, 11) is 2.14. The minimum absolute atomic E-state index is 0.302. The third-order valence-corrected chi connectivity index (χ3v) is 2.50. The lowest BCUT2D eigenvalue weighted by atomic mass is 10.1. The highest BCUT2D eigenvalue weighted by Crippen LogP contribution is 2.05. The van der Waals surface area contributed by atoms with Crippen molar-refractivity contribution in [2.75, 3.05) is 13.6 Å². The molecule has 0 heterocycles. The van der Waals surface area contributed by atoms with Crippen LogP contribution >= 0.6 is 0 Å². The Morgan fingerprint density at radius 2 is 2.08 bits per heavy atom. The van der Waals surface area contributed by atoms with Crippen molar-refractivity contribution in [1.29, 1.82) is 0 Å². The van der Waals surface area contributed by atoms with Crippen LogP contribution < -0.4 is 0 Å². The summed E-state index contributed by atoms with van der Waals surface area (Å²) in [5, 5.41) is 0. The average Bonchev–Trinajstić information content (AvgIpc) is 2.04. The summed E-state index contributed by atoms with van der Waals surface area (Å²) in [5.41, 5.74) is 0. The number of nitrogens with zero attached hydrogens (tertiary/aromatic N) is 1. The molecule has 0 radical (unpaired) electrons. The molecule has 0 spiro atoms. The third kappa shape index (κ3) is 6.76. The average molecular weight is 185 g/mol. The Hall–Kier alpha value is -0.370. The van der Waals surface area contributed by atoms with E-state index >= 15 is 0 Å². The van der Waals surface area contributed by atoms with E-state index in [1.807, 2.05) is 0 Å². The van der Waals surface area contributed by atoms with E-state index in [0.29, 0.717) is 11.8 Å². The first kappa shape index (κ1) is 12.6. The van der Waals surface area contributed by atoms with E-state index in [1.165, 1.54) is 12.8 Å². The summed E-state index contributed by atoms with van der Waals surface area (Å²) in [4.78, 5) is 13.0. The molecule has 13 heavy (non-hydrogen) atoms. The Morgan fingerprint density at radius 1 is 1.46 bits per heavy atom. The van der Waals surface area contributed by atoms with Crippen molar-refractivity contribution in [3.05, 3.63) is 0 Å². The summed E-state index contributed by atoms with van der Waals surface area (Å²) >= 11 is 0. The van der Waals surface area contributed by atoms with Gasteiger partial charge in [0.2, 0.25) is 0 Å². The van der Waals surface area contributed by atoms with Gasteiger partial charge in [-0.05, 0) is 40.3 Å². The Balaban J connectivity index is 3.49. The highest BCUT2D eigenvalue weighted by atomic mass is 16.1. The number of hydrogen-bond acceptors (Lipinski definition) is 2. The highest BCUT2D eigenvalue weighted by molar-refractivity contribution is 5.75. The zero-order valence-electron chi connectivity index (χ0n) is 9.47. The van der Waals surface area contributed by atoms with Crippen LogP contribution in [0.2, 0.25) is 0 Å². The Labute approximate surface area is 82.3 Å². The second-order valence-electron chi connectivity index (χ2n) is 3.92. The molecule has 0 aliphatic heterocycles. The second-order valence-corrected chi connectivity index (χ2v) is 3.92. The van der Waals surface area contributed by atoms with E-state index in [-0.39, 0.29) is 0 Å². The van der Waals surface area contributed by atoms with Gasteiger partial charge in [-0.1, -0.05) is 13.3 Å². The number of ketones is 1.